The Labute approximate surface area is 189 Å². The van der Waals surface area contributed by atoms with Gasteiger partial charge >= 0.3 is 6.18 Å². The summed E-state index contributed by atoms with van der Waals surface area (Å²) in [7, 11) is 0. The Morgan fingerprint density at radius 2 is 1.88 bits per heavy atom. The van der Waals surface area contributed by atoms with Crippen molar-refractivity contribution < 1.29 is 13.2 Å². The lowest BCUT2D eigenvalue weighted by molar-refractivity contribution is -0.144. The monoisotopic (exact) mass is 461 g/mol. The topological polar surface area (TPSA) is 144 Å². The molecule has 0 aliphatic heterocycles. The summed E-state index contributed by atoms with van der Waals surface area (Å²) < 4.78 is 40.4. The first-order valence-electron chi connectivity index (χ1n) is 10.5. The highest BCUT2D eigenvalue weighted by Crippen LogP contribution is 2.40. The van der Waals surface area contributed by atoms with Gasteiger partial charge in [0, 0.05) is 42.0 Å². The van der Waals surface area contributed by atoms with E-state index in [0.717, 1.165) is 12.4 Å². The summed E-state index contributed by atoms with van der Waals surface area (Å²) in [5.41, 5.74) is 13.9. The fraction of sp³-hybridized carbons (Fsp3) is 0.476. The lowest BCUT2D eigenvalue weighted by Gasteiger charge is -2.26. The maximum atomic E-state index is 13.0. The minimum atomic E-state index is -4.68. The molecule has 33 heavy (non-hydrogen) atoms. The molecule has 0 aliphatic rings. The van der Waals surface area contributed by atoms with Crippen molar-refractivity contribution in [3.05, 3.63) is 35.8 Å². The predicted molar refractivity (Wildman–Crippen MR) is 117 cm³/mol. The van der Waals surface area contributed by atoms with Gasteiger partial charge in [0.25, 0.3) is 0 Å². The molecule has 0 saturated heterocycles. The molecule has 5 N–H and O–H groups in total. The lowest BCUT2D eigenvalue weighted by atomic mass is 9.84. The Morgan fingerprint density at radius 3 is 2.39 bits per heavy atom. The number of fused-ring (bicyclic) bond motifs is 1. The molecule has 0 aliphatic carbocycles. The maximum absolute atomic E-state index is 13.0. The molecule has 176 valence electrons. The van der Waals surface area contributed by atoms with Crippen molar-refractivity contribution in [1.82, 2.24) is 29.9 Å². The number of nitrogens with two attached hydrogens (primary N) is 2. The van der Waals surface area contributed by atoms with Crippen LogP contribution in [0.25, 0.3) is 16.6 Å². The highest BCUT2D eigenvalue weighted by molar-refractivity contribution is 5.92. The van der Waals surface area contributed by atoms with Crippen molar-refractivity contribution in [3.63, 3.8) is 0 Å². The molecule has 0 aromatic carbocycles. The summed E-state index contributed by atoms with van der Waals surface area (Å²) in [6.07, 6.45) is -0.697. The fourth-order valence-corrected chi connectivity index (χ4v) is 4.00. The van der Waals surface area contributed by atoms with Crippen molar-refractivity contribution in [2.75, 3.05) is 18.8 Å². The zero-order chi connectivity index (χ0) is 24.3. The van der Waals surface area contributed by atoms with Gasteiger partial charge in [0.1, 0.15) is 17.9 Å². The van der Waals surface area contributed by atoms with Gasteiger partial charge in [0.15, 0.2) is 5.82 Å². The molecule has 3 heterocycles. The van der Waals surface area contributed by atoms with Crippen LogP contribution in [0.3, 0.4) is 0 Å². The second-order valence-corrected chi connectivity index (χ2v) is 8.02. The van der Waals surface area contributed by atoms with Crippen LogP contribution in [0.1, 0.15) is 50.2 Å². The summed E-state index contributed by atoms with van der Waals surface area (Å²) in [6.45, 7) is 7.01. The molecule has 3 aromatic rings. The molecule has 0 amide bonds. The van der Waals surface area contributed by atoms with Crippen molar-refractivity contribution in [3.8, 4) is 17.2 Å². The second-order valence-electron chi connectivity index (χ2n) is 8.02. The summed E-state index contributed by atoms with van der Waals surface area (Å²) in [6, 6.07) is 2.44. The molecule has 0 bridgehead atoms. The van der Waals surface area contributed by atoms with Gasteiger partial charge in [-0.2, -0.15) is 23.5 Å². The quantitative estimate of drug-likeness (QED) is 0.464. The third-order valence-corrected chi connectivity index (χ3v) is 5.55. The molecule has 12 heteroatoms. The molecule has 0 radical (unpaired) electrons. The standard InChI is InChI=1S/C21H26F3N9/c1-4-14(12(5-25)7-28-11(2)3)17-15(6-26)16(18-19(27)31-10-32-33(17)18)13-8-29-20(30-9-13)21(22,23)24/h8-12,14,28H,4-5,7,25H2,1-3H3,(H2,27,31,32). The largest absolute Gasteiger partial charge is 0.451 e. The van der Waals surface area contributed by atoms with Crippen molar-refractivity contribution in [2.24, 2.45) is 11.7 Å². The number of hydrogen-bond acceptors (Lipinski definition) is 8. The number of rotatable bonds is 8. The number of anilines is 1. The minimum Gasteiger partial charge on any atom is -0.382 e. The van der Waals surface area contributed by atoms with Gasteiger partial charge in [-0.15, -0.1) is 0 Å². The van der Waals surface area contributed by atoms with Crippen LogP contribution in [0.4, 0.5) is 19.0 Å². The predicted octanol–water partition coefficient (Wildman–Crippen LogP) is 2.73. The molecule has 2 unspecified atom stereocenters. The van der Waals surface area contributed by atoms with E-state index in [1.54, 1.807) is 4.52 Å². The van der Waals surface area contributed by atoms with E-state index in [9.17, 15) is 18.4 Å². The molecule has 0 spiro atoms. The second kappa shape index (κ2) is 9.68. The molecule has 0 saturated carbocycles. The summed E-state index contributed by atoms with van der Waals surface area (Å²) in [5, 5.41) is 17.8. The summed E-state index contributed by atoms with van der Waals surface area (Å²) in [5.74, 6) is -1.40. The molecular weight excluding hydrogens is 435 g/mol. The van der Waals surface area contributed by atoms with Crippen LogP contribution in [-0.4, -0.2) is 43.7 Å². The Kier molecular flexibility index (Phi) is 7.14. The van der Waals surface area contributed by atoms with Gasteiger partial charge in [0.2, 0.25) is 5.82 Å². The van der Waals surface area contributed by atoms with E-state index in [-0.39, 0.29) is 34.8 Å². The van der Waals surface area contributed by atoms with E-state index >= 15 is 0 Å². The van der Waals surface area contributed by atoms with E-state index in [1.165, 1.54) is 6.33 Å². The number of aromatic nitrogens is 5. The lowest BCUT2D eigenvalue weighted by Crippen LogP contribution is -2.36. The third-order valence-electron chi connectivity index (χ3n) is 5.55. The van der Waals surface area contributed by atoms with Crippen LogP contribution < -0.4 is 16.8 Å². The van der Waals surface area contributed by atoms with E-state index in [1.807, 2.05) is 20.8 Å². The van der Waals surface area contributed by atoms with Crippen LogP contribution in [0.2, 0.25) is 0 Å². The van der Waals surface area contributed by atoms with Gasteiger partial charge in [-0.05, 0) is 18.9 Å². The molecule has 9 nitrogen and oxygen atoms in total. The summed E-state index contributed by atoms with van der Waals surface area (Å²) in [4.78, 5) is 10.9. The molecule has 3 rings (SSSR count). The van der Waals surface area contributed by atoms with Gasteiger partial charge in [-0.3, -0.25) is 0 Å². The maximum Gasteiger partial charge on any atom is 0.451 e. The molecule has 3 aromatic heterocycles. The minimum absolute atomic E-state index is 0.0319. The smallest absolute Gasteiger partial charge is 0.382 e. The van der Waals surface area contributed by atoms with E-state index < -0.39 is 12.0 Å². The average Bonchev–Trinajstić information content (AvgIpc) is 3.11. The van der Waals surface area contributed by atoms with Gasteiger partial charge < -0.3 is 16.8 Å². The van der Waals surface area contributed by atoms with E-state index in [0.29, 0.717) is 36.3 Å². The van der Waals surface area contributed by atoms with Crippen LogP contribution in [0, 0.1) is 17.2 Å². The molecular formula is C21H26F3N9. The van der Waals surface area contributed by atoms with Crippen LogP contribution >= 0.6 is 0 Å². The molecule has 0 fully saturated rings. The Hall–Kier alpha value is -3.30. The zero-order valence-corrected chi connectivity index (χ0v) is 18.6. The molecule has 2 atom stereocenters. The normalized spacial score (nSPS) is 13.9. The van der Waals surface area contributed by atoms with E-state index in [4.69, 9.17) is 11.5 Å². The van der Waals surface area contributed by atoms with Crippen molar-refractivity contribution in [1.29, 1.82) is 5.26 Å². The number of nitrogens with zero attached hydrogens (tertiary/aromatic N) is 6. The highest BCUT2D eigenvalue weighted by Gasteiger charge is 2.35. The summed E-state index contributed by atoms with van der Waals surface area (Å²) >= 11 is 0. The first-order valence-corrected chi connectivity index (χ1v) is 10.5. The Bertz CT molecular complexity index is 1150. The van der Waals surface area contributed by atoms with E-state index in [2.05, 4.69) is 31.4 Å². The first kappa shape index (κ1) is 24.3. The Morgan fingerprint density at radius 1 is 1.21 bits per heavy atom. The van der Waals surface area contributed by atoms with Gasteiger partial charge in [0.05, 0.1) is 11.3 Å². The van der Waals surface area contributed by atoms with Crippen LogP contribution in [-0.2, 0) is 6.18 Å². The highest BCUT2D eigenvalue weighted by atomic mass is 19.4. The van der Waals surface area contributed by atoms with Crippen LogP contribution in [0.15, 0.2) is 18.7 Å². The fourth-order valence-electron chi connectivity index (χ4n) is 4.00. The van der Waals surface area contributed by atoms with Gasteiger partial charge in [-0.25, -0.2) is 19.5 Å². The SMILES string of the molecule is CCC(c1c(C#N)c(-c2cnc(C(F)(F)F)nc2)c2c(N)ncnn12)C(CN)CNC(C)C. The van der Waals surface area contributed by atoms with Gasteiger partial charge in [-0.1, -0.05) is 20.8 Å². The van der Waals surface area contributed by atoms with Crippen molar-refractivity contribution in [2.45, 2.75) is 45.3 Å². The number of hydrogen-bond donors (Lipinski definition) is 3. The van der Waals surface area contributed by atoms with Crippen molar-refractivity contribution >= 4 is 11.3 Å². The number of halogens is 3. The number of nitrogens with one attached hydrogen (secondary N) is 1. The zero-order valence-electron chi connectivity index (χ0n) is 18.6. The first-order chi connectivity index (χ1) is 15.6. The average molecular weight is 461 g/mol. The Balaban J connectivity index is 2.26. The van der Waals surface area contributed by atoms with Crippen LogP contribution in [0.5, 0.6) is 0 Å². The number of nitrogen functional groups attached to an aromatic ring is 1. The third kappa shape index (κ3) is 4.74. The number of alkyl halides is 3. The number of nitriles is 1.